The van der Waals surface area contributed by atoms with Crippen molar-refractivity contribution in [3.63, 3.8) is 0 Å². The quantitative estimate of drug-likeness (QED) is 0.556. The van der Waals surface area contributed by atoms with Crippen molar-refractivity contribution in [2.24, 2.45) is 0 Å². The Morgan fingerprint density at radius 1 is 0.784 bits per heavy atom. The minimum atomic E-state index is -0.449. The van der Waals surface area contributed by atoms with Crippen LogP contribution in [0.25, 0.3) is 0 Å². The molecule has 0 aliphatic carbocycles. The zero-order valence-corrected chi connectivity index (χ0v) is 21.1. The number of nitrogens with zero attached hydrogens (tertiary/aromatic N) is 3. The van der Waals surface area contributed by atoms with Crippen molar-refractivity contribution in [2.75, 3.05) is 43.4 Å². The molecule has 8 heteroatoms. The van der Waals surface area contributed by atoms with Gasteiger partial charge in [-0.2, -0.15) is 0 Å². The number of amides is 4. The summed E-state index contributed by atoms with van der Waals surface area (Å²) >= 11 is 0. The fraction of sp³-hybridized carbons (Fsp3) is 0.241. The van der Waals surface area contributed by atoms with Crippen LogP contribution < -0.4 is 10.2 Å². The molecule has 0 atom stereocenters. The molecule has 188 valence electrons. The number of carbonyl (C=O) groups is 4. The fourth-order valence-electron chi connectivity index (χ4n) is 4.67. The molecule has 2 aliphatic heterocycles. The molecule has 2 aliphatic rings. The van der Waals surface area contributed by atoms with E-state index in [4.69, 9.17) is 0 Å². The maximum absolute atomic E-state index is 13.2. The lowest BCUT2D eigenvalue weighted by Gasteiger charge is -2.32. The van der Waals surface area contributed by atoms with Gasteiger partial charge in [0.25, 0.3) is 23.6 Å². The molecule has 2 heterocycles. The van der Waals surface area contributed by atoms with Crippen LogP contribution in [0.4, 0.5) is 11.4 Å². The zero-order chi connectivity index (χ0) is 26.3. The van der Waals surface area contributed by atoms with Crippen LogP contribution >= 0.6 is 0 Å². The highest BCUT2D eigenvalue weighted by Crippen LogP contribution is 2.32. The molecule has 37 heavy (non-hydrogen) atoms. The number of carbonyl (C=O) groups excluding carboxylic acids is 4. The van der Waals surface area contributed by atoms with Crippen LogP contribution in [0.3, 0.4) is 0 Å². The topological polar surface area (TPSA) is 90.0 Å². The number of nitrogens with one attached hydrogen (secondary N) is 1. The Kier molecular flexibility index (Phi) is 6.35. The van der Waals surface area contributed by atoms with Crippen molar-refractivity contribution in [2.45, 2.75) is 13.8 Å². The highest BCUT2D eigenvalue weighted by atomic mass is 16.2. The third kappa shape index (κ3) is 4.51. The Balaban J connectivity index is 1.30. The van der Waals surface area contributed by atoms with Gasteiger partial charge in [0, 0.05) is 43.0 Å². The van der Waals surface area contributed by atoms with Crippen molar-refractivity contribution < 1.29 is 19.2 Å². The molecule has 3 aromatic carbocycles. The lowest BCUT2D eigenvalue weighted by atomic mass is 10.1. The molecular formula is C29H28N4O4. The van der Waals surface area contributed by atoms with E-state index < -0.39 is 17.7 Å². The van der Waals surface area contributed by atoms with Crippen LogP contribution in [0.15, 0.2) is 60.7 Å². The van der Waals surface area contributed by atoms with Gasteiger partial charge in [0.05, 0.1) is 16.8 Å². The lowest BCUT2D eigenvalue weighted by Crippen LogP contribution is -2.47. The second-order valence-electron chi connectivity index (χ2n) is 9.55. The lowest BCUT2D eigenvalue weighted by molar-refractivity contribution is 0.0663. The first-order valence-corrected chi connectivity index (χ1v) is 12.2. The Labute approximate surface area is 215 Å². The Hall–Kier alpha value is -4.30. The van der Waals surface area contributed by atoms with E-state index in [1.54, 1.807) is 30.3 Å². The average Bonchev–Trinajstić information content (AvgIpc) is 3.15. The fourth-order valence-corrected chi connectivity index (χ4v) is 4.67. The van der Waals surface area contributed by atoms with Crippen molar-refractivity contribution in [1.82, 2.24) is 9.80 Å². The molecule has 1 fully saturated rings. The first-order valence-electron chi connectivity index (χ1n) is 12.2. The summed E-state index contributed by atoms with van der Waals surface area (Å²) in [6.07, 6.45) is 0. The van der Waals surface area contributed by atoms with E-state index in [0.29, 0.717) is 30.0 Å². The van der Waals surface area contributed by atoms with Crippen LogP contribution in [0, 0.1) is 13.8 Å². The van der Waals surface area contributed by atoms with Gasteiger partial charge < -0.3 is 15.1 Å². The van der Waals surface area contributed by atoms with Crippen LogP contribution in [-0.2, 0) is 0 Å². The van der Waals surface area contributed by atoms with Crippen LogP contribution in [-0.4, -0.2) is 66.7 Å². The molecule has 0 spiro atoms. The maximum Gasteiger partial charge on any atom is 0.266 e. The number of rotatable bonds is 4. The summed E-state index contributed by atoms with van der Waals surface area (Å²) in [5, 5.41) is 2.81. The van der Waals surface area contributed by atoms with E-state index in [-0.39, 0.29) is 22.6 Å². The van der Waals surface area contributed by atoms with Crippen molar-refractivity contribution in [1.29, 1.82) is 0 Å². The van der Waals surface area contributed by atoms with Crippen LogP contribution in [0.1, 0.15) is 52.6 Å². The van der Waals surface area contributed by atoms with E-state index in [1.807, 2.05) is 37.9 Å². The van der Waals surface area contributed by atoms with Crippen LogP contribution in [0.2, 0.25) is 0 Å². The number of piperazine rings is 1. The molecule has 1 saturated heterocycles. The predicted octanol–water partition coefficient (Wildman–Crippen LogP) is 3.74. The third-order valence-corrected chi connectivity index (χ3v) is 7.15. The van der Waals surface area contributed by atoms with Gasteiger partial charge in [-0.3, -0.25) is 19.2 Å². The number of benzene rings is 3. The molecular weight excluding hydrogens is 468 g/mol. The highest BCUT2D eigenvalue weighted by molar-refractivity contribution is 6.35. The summed E-state index contributed by atoms with van der Waals surface area (Å²) in [5.74, 6) is -1.29. The smallest absolute Gasteiger partial charge is 0.266 e. The SMILES string of the molecule is Cc1cccc(N2C(=O)c3ccc(C(=O)Nc4ccc(C(=O)N5CCN(C)CC5)cc4)cc3C2=O)c1C. The number of anilines is 2. The highest BCUT2D eigenvalue weighted by Gasteiger charge is 2.38. The van der Waals surface area contributed by atoms with Gasteiger partial charge >= 0.3 is 0 Å². The van der Waals surface area contributed by atoms with Gasteiger partial charge in [-0.15, -0.1) is 0 Å². The third-order valence-electron chi connectivity index (χ3n) is 7.15. The molecule has 0 radical (unpaired) electrons. The van der Waals surface area contributed by atoms with Crippen molar-refractivity contribution >= 4 is 35.0 Å². The van der Waals surface area contributed by atoms with Gasteiger partial charge in [-0.05, 0) is 80.6 Å². The summed E-state index contributed by atoms with van der Waals surface area (Å²) in [7, 11) is 2.04. The summed E-state index contributed by atoms with van der Waals surface area (Å²) in [6, 6.07) is 16.8. The number of fused-ring (bicyclic) bond motifs is 1. The molecule has 0 aromatic heterocycles. The van der Waals surface area contributed by atoms with E-state index in [2.05, 4.69) is 10.2 Å². The summed E-state index contributed by atoms with van der Waals surface area (Å²) in [5.41, 5.74) is 4.20. The second kappa shape index (κ2) is 9.63. The Morgan fingerprint density at radius 3 is 2.14 bits per heavy atom. The number of likely N-dealkylation sites (N-methyl/N-ethyl adjacent to an activating group) is 1. The van der Waals surface area contributed by atoms with E-state index >= 15 is 0 Å². The Morgan fingerprint density at radius 2 is 1.43 bits per heavy atom. The Bertz CT molecular complexity index is 1420. The number of aryl methyl sites for hydroxylation is 1. The summed E-state index contributed by atoms with van der Waals surface area (Å²) < 4.78 is 0. The van der Waals surface area contributed by atoms with Crippen LogP contribution in [0.5, 0.6) is 0 Å². The van der Waals surface area contributed by atoms with Gasteiger partial charge in [0.2, 0.25) is 0 Å². The van der Waals surface area contributed by atoms with E-state index in [0.717, 1.165) is 24.2 Å². The van der Waals surface area contributed by atoms with Crippen molar-refractivity contribution in [3.05, 3.63) is 94.0 Å². The molecule has 1 N–H and O–H groups in total. The minimum Gasteiger partial charge on any atom is -0.336 e. The van der Waals surface area contributed by atoms with Gasteiger partial charge in [-0.25, -0.2) is 4.90 Å². The largest absolute Gasteiger partial charge is 0.336 e. The molecule has 3 aromatic rings. The molecule has 4 amide bonds. The second-order valence-corrected chi connectivity index (χ2v) is 9.55. The minimum absolute atomic E-state index is 0.0267. The molecule has 0 bridgehead atoms. The summed E-state index contributed by atoms with van der Waals surface area (Å²) in [6.45, 7) is 6.86. The molecule has 5 rings (SSSR count). The average molecular weight is 497 g/mol. The normalized spacial score (nSPS) is 15.6. The predicted molar refractivity (Wildman–Crippen MR) is 141 cm³/mol. The zero-order valence-electron chi connectivity index (χ0n) is 21.1. The number of hydrogen-bond acceptors (Lipinski definition) is 5. The molecule has 0 unspecified atom stereocenters. The molecule has 8 nitrogen and oxygen atoms in total. The summed E-state index contributed by atoms with van der Waals surface area (Å²) in [4.78, 5) is 57.1. The standard InChI is InChI=1S/C29H28N4O4/c1-18-5-4-6-25(19(18)2)33-28(36)23-12-9-21(17-24(23)29(33)37)26(34)30-22-10-7-20(8-11-22)27(35)32-15-13-31(3)14-16-32/h4-12,17H,13-16H2,1-3H3,(H,30,34). The monoisotopic (exact) mass is 496 g/mol. The van der Waals surface area contributed by atoms with E-state index in [1.165, 1.54) is 23.1 Å². The van der Waals surface area contributed by atoms with Gasteiger partial charge in [-0.1, -0.05) is 12.1 Å². The maximum atomic E-state index is 13.2. The molecule has 0 saturated carbocycles. The number of hydrogen-bond donors (Lipinski definition) is 1. The first-order chi connectivity index (χ1) is 17.7. The van der Waals surface area contributed by atoms with E-state index in [9.17, 15) is 19.2 Å². The van der Waals surface area contributed by atoms with Gasteiger partial charge in [0.15, 0.2) is 0 Å². The van der Waals surface area contributed by atoms with Crippen molar-refractivity contribution in [3.8, 4) is 0 Å². The first kappa shape index (κ1) is 24.4. The number of imide groups is 1. The van der Waals surface area contributed by atoms with Gasteiger partial charge in [0.1, 0.15) is 0 Å².